The molecule has 2 aromatic heterocycles. The molecule has 0 radical (unpaired) electrons. The minimum atomic E-state index is 0.504. The molecule has 22 heavy (non-hydrogen) atoms. The number of imidazole rings is 1. The molecule has 0 aliphatic heterocycles. The first kappa shape index (κ1) is 13.2. The summed E-state index contributed by atoms with van der Waals surface area (Å²) in [5, 5.41) is 8.23. The lowest BCUT2D eigenvalue weighted by Gasteiger charge is -1.99. The number of para-hydroxylation sites is 2. The van der Waals surface area contributed by atoms with Crippen LogP contribution in [0.4, 0.5) is 0 Å². The second kappa shape index (κ2) is 5.38. The Morgan fingerprint density at radius 3 is 2.68 bits per heavy atom. The standard InChI is InChI=1S/C16H11BrN4O/c17-12-7-5-11(6-8-12)16-20-19-15(22-16)9-21-10-18-13-3-1-2-4-14(13)21/h1-8,10H,9H2. The topological polar surface area (TPSA) is 56.7 Å². The van der Waals surface area contributed by atoms with Crippen LogP contribution in [0.5, 0.6) is 0 Å². The molecule has 2 heterocycles. The molecule has 0 bridgehead atoms. The summed E-state index contributed by atoms with van der Waals surface area (Å²) in [5.41, 5.74) is 2.90. The van der Waals surface area contributed by atoms with Crippen LogP contribution in [0, 0.1) is 0 Å². The summed E-state index contributed by atoms with van der Waals surface area (Å²) >= 11 is 3.41. The van der Waals surface area contributed by atoms with Crippen molar-refractivity contribution in [3.8, 4) is 11.5 Å². The van der Waals surface area contributed by atoms with E-state index in [1.54, 1.807) is 6.33 Å². The highest BCUT2D eigenvalue weighted by Gasteiger charge is 2.10. The molecule has 5 nitrogen and oxygen atoms in total. The fourth-order valence-electron chi connectivity index (χ4n) is 2.31. The predicted molar refractivity (Wildman–Crippen MR) is 86.3 cm³/mol. The van der Waals surface area contributed by atoms with Crippen molar-refractivity contribution < 1.29 is 4.42 Å². The minimum Gasteiger partial charge on any atom is -0.419 e. The van der Waals surface area contributed by atoms with Gasteiger partial charge >= 0.3 is 0 Å². The zero-order valence-electron chi connectivity index (χ0n) is 11.5. The molecule has 0 aliphatic rings. The first-order valence-corrected chi connectivity index (χ1v) is 7.57. The third-order valence-corrected chi connectivity index (χ3v) is 3.92. The van der Waals surface area contributed by atoms with Crippen molar-refractivity contribution in [2.45, 2.75) is 6.54 Å². The number of aromatic nitrogens is 4. The van der Waals surface area contributed by atoms with Gasteiger partial charge in [0.15, 0.2) is 0 Å². The molecule has 0 saturated carbocycles. The molecule has 0 atom stereocenters. The van der Waals surface area contributed by atoms with Crippen LogP contribution in [0.3, 0.4) is 0 Å². The van der Waals surface area contributed by atoms with Gasteiger partial charge in [0.2, 0.25) is 11.8 Å². The van der Waals surface area contributed by atoms with Gasteiger partial charge in [0.25, 0.3) is 0 Å². The van der Waals surface area contributed by atoms with E-state index < -0.39 is 0 Å². The Labute approximate surface area is 134 Å². The van der Waals surface area contributed by atoms with Gasteiger partial charge in [-0.15, -0.1) is 10.2 Å². The highest BCUT2D eigenvalue weighted by Crippen LogP contribution is 2.21. The Kier molecular flexibility index (Phi) is 3.23. The molecule has 108 valence electrons. The number of fused-ring (bicyclic) bond motifs is 1. The molecule has 4 aromatic rings. The second-order valence-electron chi connectivity index (χ2n) is 4.87. The molecule has 0 amide bonds. The van der Waals surface area contributed by atoms with Crippen molar-refractivity contribution in [1.29, 1.82) is 0 Å². The predicted octanol–water partition coefficient (Wildman–Crippen LogP) is 3.90. The van der Waals surface area contributed by atoms with Crippen LogP contribution in [0.25, 0.3) is 22.5 Å². The Morgan fingerprint density at radius 1 is 1.00 bits per heavy atom. The highest BCUT2D eigenvalue weighted by atomic mass is 79.9. The Hall–Kier alpha value is -2.47. The van der Waals surface area contributed by atoms with Crippen LogP contribution >= 0.6 is 15.9 Å². The van der Waals surface area contributed by atoms with E-state index in [1.807, 2.05) is 53.1 Å². The fourth-order valence-corrected chi connectivity index (χ4v) is 2.57. The lowest BCUT2D eigenvalue weighted by molar-refractivity contribution is 0.491. The van der Waals surface area contributed by atoms with Gasteiger partial charge in [-0.1, -0.05) is 28.1 Å². The zero-order chi connectivity index (χ0) is 14.9. The minimum absolute atomic E-state index is 0.504. The smallest absolute Gasteiger partial charge is 0.247 e. The summed E-state index contributed by atoms with van der Waals surface area (Å²) in [5.74, 6) is 1.08. The van der Waals surface area contributed by atoms with E-state index in [0.29, 0.717) is 18.3 Å². The van der Waals surface area contributed by atoms with Crippen LogP contribution in [0.2, 0.25) is 0 Å². The van der Waals surface area contributed by atoms with E-state index in [9.17, 15) is 0 Å². The normalized spacial score (nSPS) is 11.1. The van der Waals surface area contributed by atoms with E-state index in [1.165, 1.54) is 0 Å². The summed E-state index contributed by atoms with van der Waals surface area (Å²) < 4.78 is 8.75. The van der Waals surface area contributed by atoms with Gasteiger partial charge < -0.3 is 8.98 Å². The van der Waals surface area contributed by atoms with Gasteiger partial charge in [-0.2, -0.15) is 0 Å². The van der Waals surface area contributed by atoms with Crippen molar-refractivity contribution in [3.05, 3.63) is 65.2 Å². The molecule has 0 fully saturated rings. The van der Waals surface area contributed by atoms with E-state index in [2.05, 4.69) is 31.1 Å². The average Bonchev–Trinajstić information content (AvgIpc) is 3.16. The Morgan fingerprint density at radius 2 is 1.82 bits per heavy atom. The number of nitrogens with zero attached hydrogens (tertiary/aromatic N) is 4. The SMILES string of the molecule is Brc1ccc(-c2nnc(Cn3cnc4ccccc43)o2)cc1. The molecular formula is C16H11BrN4O. The molecule has 0 N–H and O–H groups in total. The third kappa shape index (κ3) is 2.42. The molecule has 6 heteroatoms. The van der Waals surface area contributed by atoms with Crippen LogP contribution in [-0.2, 0) is 6.54 Å². The fraction of sp³-hybridized carbons (Fsp3) is 0.0625. The molecule has 0 spiro atoms. The Bertz CT molecular complexity index is 927. The average molecular weight is 355 g/mol. The molecule has 0 saturated heterocycles. The summed E-state index contributed by atoms with van der Waals surface area (Å²) in [7, 11) is 0. The lowest BCUT2D eigenvalue weighted by atomic mass is 10.2. The number of hydrogen-bond donors (Lipinski definition) is 0. The van der Waals surface area contributed by atoms with Gasteiger partial charge in [0, 0.05) is 10.0 Å². The summed E-state index contributed by atoms with van der Waals surface area (Å²) in [4.78, 5) is 4.36. The monoisotopic (exact) mass is 354 g/mol. The van der Waals surface area contributed by atoms with Crippen LogP contribution < -0.4 is 0 Å². The van der Waals surface area contributed by atoms with E-state index in [4.69, 9.17) is 4.42 Å². The Balaban J connectivity index is 1.63. The van der Waals surface area contributed by atoms with Crippen LogP contribution in [-0.4, -0.2) is 19.7 Å². The maximum Gasteiger partial charge on any atom is 0.247 e. The maximum absolute atomic E-state index is 5.75. The summed E-state index contributed by atoms with van der Waals surface area (Å²) in [6.45, 7) is 0.504. The van der Waals surface area contributed by atoms with Crippen molar-refractivity contribution in [2.75, 3.05) is 0 Å². The van der Waals surface area contributed by atoms with Crippen molar-refractivity contribution >= 4 is 27.0 Å². The van der Waals surface area contributed by atoms with E-state index in [-0.39, 0.29) is 0 Å². The van der Waals surface area contributed by atoms with Gasteiger partial charge in [-0.05, 0) is 36.4 Å². The maximum atomic E-state index is 5.75. The van der Waals surface area contributed by atoms with Crippen LogP contribution in [0.1, 0.15) is 5.89 Å². The number of halogens is 1. The largest absolute Gasteiger partial charge is 0.419 e. The molecule has 0 unspecified atom stereocenters. The van der Waals surface area contributed by atoms with Crippen molar-refractivity contribution in [2.24, 2.45) is 0 Å². The van der Waals surface area contributed by atoms with Gasteiger partial charge in [0.1, 0.15) is 6.54 Å². The van der Waals surface area contributed by atoms with Gasteiger partial charge in [-0.25, -0.2) is 4.98 Å². The zero-order valence-corrected chi connectivity index (χ0v) is 13.1. The summed E-state index contributed by atoms with van der Waals surface area (Å²) in [6, 6.07) is 15.7. The molecule has 4 rings (SSSR count). The highest BCUT2D eigenvalue weighted by molar-refractivity contribution is 9.10. The number of rotatable bonds is 3. The van der Waals surface area contributed by atoms with Crippen molar-refractivity contribution in [1.82, 2.24) is 19.7 Å². The first-order valence-electron chi connectivity index (χ1n) is 6.78. The molecular weight excluding hydrogens is 344 g/mol. The second-order valence-corrected chi connectivity index (χ2v) is 5.78. The van der Waals surface area contributed by atoms with Crippen molar-refractivity contribution in [3.63, 3.8) is 0 Å². The molecule has 2 aromatic carbocycles. The quantitative estimate of drug-likeness (QED) is 0.559. The van der Waals surface area contributed by atoms with Crippen LogP contribution in [0.15, 0.2) is 63.7 Å². The number of benzene rings is 2. The first-order chi connectivity index (χ1) is 10.8. The molecule has 0 aliphatic carbocycles. The van der Waals surface area contributed by atoms with Gasteiger partial charge in [-0.3, -0.25) is 0 Å². The number of hydrogen-bond acceptors (Lipinski definition) is 4. The lowest BCUT2D eigenvalue weighted by Crippen LogP contribution is -1.97. The van der Waals surface area contributed by atoms with E-state index >= 15 is 0 Å². The summed E-state index contributed by atoms with van der Waals surface area (Å²) in [6.07, 6.45) is 1.79. The third-order valence-electron chi connectivity index (χ3n) is 3.39. The van der Waals surface area contributed by atoms with E-state index in [0.717, 1.165) is 21.1 Å². The van der Waals surface area contributed by atoms with Gasteiger partial charge in [0.05, 0.1) is 17.4 Å².